The summed E-state index contributed by atoms with van der Waals surface area (Å²) in [6.07, 6.45) is 5.31. The Labute approximate surface area is 241 Å². The topological polar surface area (TPSA) is 134 Å². The van der Waals surface area contributed by atoms with Crippen molar-refractivity contribution in [2.24, 2.45) is 15.7 Å². The number of amides is 1. The molecular weight excluding hydrogens is 520 g/mol. The first-order chi connectivity index (χ1) is 19.6. The van der Waals surface area contributed by atoms with Gasteiger partial charge >= 0.3 is 0 Å². The van der Waals surface area contributed by atoms with E-state index in [4.69, 9.17) is 20.0 Å². The van der Waals surface area contributed by atoms with E-state index in [9.17, 15) is 4.79 Å². The standard InChI is InChI=1S/C30H40N8O3/c1-7-32-22-10-11-26(38-14-12-37(13-15-38)16-17-40-6)35-27(22)28(31)33-23-18-21(9-8-20(23)2)29(39)34-25-19-24(41-36-25)30(3,4)5/h7-11,18-19,33H,1,12-17,31H2,2-6H3,(H,34,36,39)/b28-27-,32-22-. The third kappa shape index (κ3) is 7.50. The van der Waals surface area contributed by atoms with Crippen LogP contribution in [0, 0.1) is 6.92 Å². The molecule has 41 heavy (non-hydrogen) atoms. The van der Waals surface area contributed by atoms with Crippen LogP contribution in [-0.4, -0.2) is 78.9 Å². The molecule has 1 aromatic heterocycles. The zero-order chi connectivity index (χ0) is 29.6. The first-order valence-electron chi connectivity index (χ1n) is 13.7. The van der Waals surface area contributed by atoms with Crippen LogP contribution in [-0.2, 0) is 10.2 Å². The van der Waals surface area contributed by atoms with Gasteiger partial charge < -0.3 is 30.5 Å². The van der Waals surface area contributed by atoms with Crippen LogP contribution in [0.3, 0.4) is 0 Å². The molecule has 0 saturated carbocycles. The van der Waals surface area contributed by atoms with Crippen LogP contribution >= 0.6 is 0 Å². The van der Waals surface area contributed by atoms with Gasteiger partial charge in [0.05, 0.1) is 12.3 Å². The molecule has 2 aliphatic heterocycles. The lowest BCUT2D eigenvalue weighted by Crippen LogP contribution is -2.49. The predicted molar refractivity (Wildman–Crippen MR) is 163 cm³/mol. The van der Waals surface area contributed by atoms with Gasteiger partial charge in [0.25, 0.3) is 5.91 Å². The minimum atomic E-state index is -0.313. The molecule has 4 N–H and O–H groups in total. The summed E-state index contributed by atoms with van der Waals surface area (Å²) >= 11 is 0. The van der Waals surface area contributed by atoms with Gasteiger partial charge in [-0.05, 0) is 36.8 Å². The molecule has 3 heterocycles. The fraction of sp³-hybridized carbons (Fsp3) is 0.400. The Bertz CT molecular complexity index is 1390. The number of aryl methyl sites for hydroxylation is 1. The van der Waals surface area contributed by atoms with Gasteiger partial charge in [0.1, 0.15) is 23.1 Å². The van der Waals surface area contributed by atoms with E-state index in [1.807, 2.05) is 45.9 Å². The lowest BCUT2D eigenvalue weighted by Gasteiger charge is -2.36. The number of rotatable bonds is 8. The summed E-state index contributed by atoms with van der Waals surface area (Å²) in [6, 6.07) is 7.09. The van der Waals surface area contributed by atoms with Crippen LogP contribution in [0.5, 0.6) is 0 Å². The molecule has 4 rings (SSSR count). The Morgan fingerprint density at radius 3 is 2.61 bits per heavy atom. The third-order valence-corrected chi connectivity index (χ3v) is 6.91. The number of aliphatic imine (C=N–C) groups is 2. The second kappa shape index (κ2) is 13.0. The summed E-state index contributed by atoms with van der Waals surface area (Å²) < 4.78 is 10.6. The number of ether oxygens (including phenoxy) is 1. The van der Waals surface area contributed by atoms with E-state index in [2.05, 4.69) is 37.2 Å². The zero-order valence-corrected chi connectivity index (χ0v) is 24.5. The molecule has 1 aromatic carbocycles. The van der Waals surface area contributed by atoms with Crippen molar-refractivity contribution in [1.29, 1.82) is 0 Å². The first-order valence-corrected chi connectivity index (χ1v) is 13.7. The number of anilines is 2. The van der Waals surface area contributed by atoms with Crippen LogP contribution in [0.1, 0.15) is 42.5 Å². The number of carbonyl (C=O) groups is 1. The Kier molecular flexibility index (Phi) is 9.41. The summed E-state index contributed by atoms with van der Waals surface area (Å²) in [4.78, 5) is 26.9. The van der Waals surface area contributed by atoms with Crippen LogP contribution < -0.4 is 16.4 Å². The Hall–Kier alpha value is -4.22. The molecule has 2 aliphatic rings. The molecule has 0 unspecified atom stereocenters. The van der Waals surface area contributed by atoms with Gasteiger partial charge in [-0.1, -0.05) is 38.6 Å². The number of benzene rings is 1. The number of nitrogens with two attached hydrogens (primary N) is 1. The summed E-state index contributed by atoms with van der Waals surface area (Å²) in [5.41, 5.74) is 9.49. The van der Waals surface area contributed by atoms with E-state index < -0.39 is 0 Å². The van der Waals surface area contributed by atoms with Crippen molar-refractivity contribution in [2.75, 3.05) is 57.1 Å². The molecule has 0 bridgehead atoms. The van der Waals surface area contributed by atoms with Gasteiger partial charge in [0, 0.05) is 68.8 Å². The van der Waals surface area contributed by atoms with Crippen molar-refractivity contribution in [3.63, 3.8) is 0 Å². The number of allylic oxidation sites excluding steroid dienone is 1. The molecule has 0 radical (unpaired) electrons. The molecule has 1 fully saturated rings. The van der Waals surface area contributed by atoms with E-state index in [1.165, 1.54) is 6.20 Å². The largest absolute Gasteiger partial charge is 0.383 e. The second-order valence-corrected chi connectivity index (χ2v) is 11.0. The molecule has 1 amide bonds. The number of hydrogen-bond donors (Lipinski definition) is 3. The summed E-state index contributed by atoms with van der Waals surface area (Å²) in [5, 5.41) is 10.0. The number of piperazine rings is 1. The lowest BCUT2D eigenvalue weighted by atomic mass is 9.93. The molecule has 218 valence electrons. The van der Waals surface area contributed by atoms with Gasteiger partial charge in [0.15, 0.2) is 5.82 Å². The van der Waals surface area contributed by atoms with E-state index >= 15 is 0 Å². The average molecular weight is 561 g/mol. The van der Waals surface area contributed by atoms with Gasteiger partial charge in [-0.25, -0.2) is 4.99 Å². The van der Waals surface area contributed by atoms with Crippen LogP contribution in [0.15, 0.2) is 75.2 Å². The van der Waals surface area contributed by atoms with Crippen molar-refractivity contribution in [2.45, 2.75) is 33.1 Å². The molecule has 2 aromatic rings. The highest BCUT2D eigenvalue weighted by atomic mass is 16.5. The number of methoxy groups -OCH3 is 1. The number of amidine groups is 1. The molecule has 0 aliphatic carbocycles. The number of carbonyl (C=O) groups excluding carboxylic acids is 1. The predicted octanol–water partition coefficient (Wildman–Crippen LogP) is 3.89. The number of nitrogens with zero attached hydrogens (tertiary/aromatic N) is 5. The van der Waals surface area contributed by atoms with Crippen LogP contribution in [0.2, 0.25) is 0 Å². The normalized spacial score (nSPS) is 18.3. The maximum atomic E-state index is 13.0. The minimum absolute atomic E-state index is 0.217. The number of aromatic nitrogens is 1. The second-order valence-electron chi connectivity index (χ2n) is 11.0. The first kappa shape index (κ1) is 29.8. The highest BCUT2D eigenvalue weighted by molar-refractivity contribution is 6.16. The highest BCUT2D eigenvalue weighted by Crippen LogP contribution is 2.25. The Morgan fingerprint density at radius 2 is 1.95 bits per heavy atom. The van der Waals surface area contributed by atoms with Crippen molar-refractivity contribution >= 4 is 29.0 Å². The monoisotopic (exact) mass is 560 g/mol. The fourth-order valence-corrected chi connectivity index (χ4v) is 4.42. The molecular formula is C30H40N8O3. The number of dihydropyridines is 1. The van der Waals surface area contributed by atoms with Crippen molar-refractivity contribution in [3.8, 4) is 0 Å². The third-order valence-electron chi connectivity index (χ3n) is 6.91. The van der Waals surface area contributed by atoms with E-state index in [0.717, 1.165) is 50.7 Å². The molecule has 0 atom stereocenters. The van der Waals surface area contributed by atoms with Crippen molar-refractivity contribution in [1.82, 2.24) is 15.0 Å². The fourth-order valence-electron chi connectivity index (χ4n) is 4.42. The van der Waals surface area contributed by atoms with Crippen LogP contribution in [0.4, 0.5) is 11.5 Å². The lowest BCUT2D eigenvalue weighted by molar-refractivity contribution is 0.102. The Morgan fingerprint density at radius 1 is 1.20 bits per heavy atom. The van der Waals surface area contributed by atoms with E-state index in [1.54, 1.807) is 25.3 Å². The smallest absolute Gasteiger partial charge is 0.256 e. The number of nitrogens with one attached hydrogen (secondary N) is 2. The minimum Gasteiger partial charge on any atom is -0.383 e. The number of hydrogen-bond acceptors (Lipinski definition) is 10. The highest BCUT2D eigenvalue weighted by Gasteiger charge is 2.23. The summed E-state index contributed by atoms with van der Waals surface area (Å²) in [6.45, 7) is 16.9. The molecule has 11 heteroatoms. The zero-order valence-electron chi connectivity index (χ0n) is 24.5. The van der Waals surface area contributed by atoms with Crippen LogP contribution in [0.25, 0.3) is 0 Å². The van der Waals surface area contributed by atoms with E-state index in [0.29, 0.717) is 40.1 Å². The average Bonchev–Trinajstić information content (AvgIpc) is 3.43. The van der Waals surface area contributed by atoms with E-state index in [-0.39, 0.29) is 11.3 Å². The van der Waals surface area contributed by atoms with Crippen molar-refractivity contribution < 1.29 is 14.1 Å². The quantitative estimate of drug-likeness (QED) is 0.443. The Balaban J connectivity index is 1.53. The maximum absolute atomic E-state index is 13.0. The maximum Gasteiger partial charge on any atom is 0.256 e. The van der Waals surface area contributed by atoms with Gasteiger partial charge in [-0.15, -0.1) is 0 Å². The van der Waals surface area contributed by atoms with Gasteiger partial charge in [0.2, 0.25) is 0 Å². The molecule has 11 nitrogen and oxygen atoms in total. The molecule has 0 spiro atoms. The molecule has 1 saturated heterocycles. The summed E-state index contributed by atoms with van der Waals surface area (Å²) in [7, 11) is 1.72. The van der Waals surface area contributed by atoms with Gasteiger partial charge in [-0.2, -0.15) is 0 Å². The van der Waals surface area contributed by atoms with Crippen molar-refractivity contribution in [3.05, 3.63) is 77.6 Å². The summed E-state index contributed by atoms with van der Waals surface area (Å²) in [5.74, 6) is 1.87. The SMILES string of the molecule is C=C/N=C1/C=CC(N2CCN(CCOC)CC2)=N/C1=C(/N)Nc1cc(C(=O)Nc2cc(C(C)(C)C)on2)ccc1C. The van der Waals surface area contributed by atoms with Gasteiger partial charge in [-0.3, -0.25) is 14.7 Å².